The molecule has 8 nitrogen and oxygen atoms in total. The normalized spacial score (nSPS) is 16.2. The van der Waals surface area contributed by atoms with Crippen molar-refractivity contribution in [3.05, 3.63) is 34.0 Å². The number of halogens is 3. The van der Waals surface area contributed by atoms with E-state index in [1.807, 2.05) is 15.8 Å². The van der Waals surface area contributed by atoms with Gasteiger partial charge in [-0.25, -0.2) is 9.78 Å². The van der Waals surface area contributed by atoms with Gasteiger partial charge >= 0.3 is 12.1 Å². The Morgan fingerprint density at radius 3 is 2.61 bits per heavy atom. The number of ether oxygens (including phenoxy) is 1. The Morgan fingerprint density at radius 1 is 1.43 bits per heavy atom. The molecule has 2 aromatic heterocycles. The van der Waals surface area contributed by atoms with E-state index in [2.05, 4.69) is 17.0 Å². The second-order valence-electron chi connectivity index (χ2n) is 5.77. The van der Waals surface area contributed by atoms with Gasteiger partial charge in [0.15, 0.2) is 0 Å². The Kier molecular flexibility index (Phi) is 7.13. The first kappa shape index (κ1) is 21.8. The van der Waals surface area contributed by atoms with Crippen molar-refractivity contribution in [2.24, 2.45) is 0 Å². The minimum Gasteiger partial charge on any atom is -0.475 e. The highest BCUT2D eigenvalue weighted by atomic mass is 32.1. The van der Waals surface area contributed by atoms with Gasteiger partial charge in [0.05, 0.1) is 30.1 Å². The van der Waals surface area contributed by atoms with Crippen LogP contribution >= 0.6 is 11.3 Å². The molecule has 154 valence electrons. The summed E-state index contributed by atoms with van der Waals surface area (Å²) in [6.45, 7) is 3.98. The highest BCUT2D eigenvalue weighted by Crippen LogP contribution is 2.31. The Morgan fingerprint density at radius 2 is 2.11 bits per heavy atom. The molecule has 28 heavy (non-hydrogen) atoms. The number of carboxylic acid groups (broad SMARTS) is 1. The van der Waals surface area contributed by atoms with E-state index in [-0.39, 0.29) is 11.9 Å². The minimum absolute atomic E-state index is 0.0344. The maximum Gasteiger partial charge on any atom is 0.490 e. The molecule has 1 N–H and O–H groups in total. The summed E-state index contributed by atoms with van der Waals surface area (Å²) < 4.78 is 39.0. The van der Waals surface area contributed by atoms with Gasteiger partial charge < -0.3 is 14.7 Å². The van der Waals surface area contributed by atoms with Crippen LogP contribution in [0, 0.1) is 0 Å². The van der Waals surface area contributed by atoms with Crippen LogP contribution in [0.5, 0.6) is 0 Å². The van der Waals surface area contributed by atoms with Crippen LogP contribution in [0.4, 0.5) is 13.2 Å². The van der Waals surface area contributed by atoms with E-state index in [9.17, 15) is 18.0 Å². The Labute approximate surface area is 162 Å². The van der Waals surface area contributed by atoms with E-state index in [1.165, 1.54) is 16.9 Å². The first-order valence-electron chi connectivity index (χ1n) is 8.23. The summed E-state index contributed by atoms with van der Waals surface area (Å²) >= 11 is 1.43. The third-order valence-electron chi connectivity index (χ3n) is 4.05. The fraction of sp³-hybridized carbons (Fsp3) is 0.500. The van der Waals surface area contributed by atoms with Gasteiger partial charge in [-0.05, 0) is 18.9 Å². The number of aryl methyl sites for hydroxylation is 1. The van der Waals surface area contributed by atoms with Gasteiger partial charge in [-0.1, -0.05) is 0 Å². The van der Waals surface area contributed by atoms with Crippen molar-refractivity contribution in [1.82, 2.24) is 19.7 Å². The van der Waals surface area contributed by atoms with E-state index >= 15 is 0 Å². The SMILES string of the molecule is CCn1ncc2c1C(COC)N(C(=O)c1cscn1)CC2.O=C(O)C(F)(F)F. The summed E-state index contributed by atoms with van der Waals surface area (Å²) in [6.07, 6.45) is -2.35. The molecular formula is C16H19F3N4O4S. The van der Waals surface area contributed by atoms with Crippen molar-refractivity contribution >= 4 is 23.2 Å². The summed E-state index contributed by atoms with van der Waals surface area (Å²) in [4.78, 5) is 27.6. The van der Waals surface area contributed by atoms with E-state index in [0.717, 1.165) is 18.7 Å². The van der Waals surface area contributed by atoms with Crippen LogP contribution in [-0.4, -0.2) is 63.1 Å². The zero-order valence-corrected chi connectivity index (χ0v) is 16.0. The van der Waals surface area contributed by atoms with E-state index in [1.54, 1.807) is 18.0 Å². The fourth-order valence-corrected chi connectivity index (χ4v) is 3.37. The average molecular weight is 420 g/mol. The summed E-state index contributed by atoms with van der Waals surface area (Å²) in [5, 5.41) is 13.3. The second kappa shape index (κ2) is 9.15. The number of hydrogen-bond acceptors (Lipinski definition) is 6. The van der Waals surface area contributed by atoms with E-state index < -0.39 is 12.1 Å². The zero-order chi connectivity index (χ0) is 20.9. The third kappa shape index (κ3) is 4.87. The van der Waals surface area contributed by atoms with Crippen LogP contribution in [0.1, 0.15) is 34.7 Å². The van der Waals surface area contributed by atoms with Gasteiger partial charge in [-0.2, -0.15) is 18.3 Å². The number of rotatable bonds is 4. The number of aliphatic carboxylic acids is 1. The van der Waals surface area contributed by atoms with Crippen molar-refractivity contribution in [3.8, 4) is 0 Å². The molecule has 0 spiro atoms. The molecule has 0 saturated carbocycles. The largest absolute Gasteiger partial charge is 0.490 e. The Bertz CT molecular complexity index is 794. The first-order valence-corrected chi connectivity index (χ1v) is 9.17. The smallest absolute Gasteiger partial charge is 0.475 e. The molecule has 0 saturated heterocycles. The summed E-state index contributed by atoms with van der Waals surface area (Å²) in [7, 11) is 1.66. The molecule has 1 unspecified atom stereocenters. The topological polar surface area (TPSA) is 97.5 Å². The van der Waals surface area contributed by atoms with Gasteiger partial charge in [0.2, 0.25) is 0 Å². The number of nitrogens with zero attached hydrogens (tertiary/aromatic N) is 4. The van der Waals surface area contributed by atoms with Crippen molar-refractivity contribution in [2.75, 3.05) is 20.3 Å². The summed E-state index contributed by atoms with van der Waals surface area (Å²) in [5.41, 5.74) is 4.49. The lowest BCUT2D eigenvalue weighted by Crippen LogP contribution is -2.42. The number of thiazole rings is 1. The Hall–Kier alpha value is -2.47. The molecule has 2 aromatic rings. The van der Waals surface area contributed by atoms with Crippen LogP contribution in [-0.2, 0) is 22.5 Å². The molecule has 0 fully saturated rings. The van der Waals surface area contributed by atoms with Gasteiger partial charge in [0.1, 0.15) is 5.69 Å². The molecule has 1 aliphatic heterocycles. The molecule has 0 aliphatic carbocycles. The Balaban J connectivity index is 0.000000345. The zero-order valence-electron chi connectivity index (χ0n) is 15.1. The van der Waals surface area contributed by atoms with Crippen molar-refractivity contribution in [3.63, 3.8) is 0 Å². The van der Waals surface area contributed by atoms with Crippen LogP contribution in [0.25, 0.3) is 0 Å². The van der Waals surface area contributed by atoms with Gasteiger partial charge in [0.25, 0.3) is 5.91 Å². The monoisotopic (exact) mass is 420 g/mol. The predicted molar refractivity (Wildman–Crippen MR) is 93.1 cm³/mol. The molecule has 1 atom stereocenters. The van der Waals surface area contributed by atoms with E-state index in [4.69, 9.17) is 14.6 Å². The average Bonchev–Trinajstić information content (AvgIpc) is 3.31. The molecule has 0 aromatic carbocycles. The maximum atomic E-state index is 12.7. The number of carbonyl (C=O) groups is 2. The van der Waals surface area contributed by atoms with Crippen molar-refractivity contribution in [1.29, 1.82) is 0 Å². The number of amides is 1. The predicted octanol–water partition coefficient (Wildman–Crippen LogP) is 2.38. The fourth-order valence-electron chi connectivity index (χ4n) is 2.84. The summed E-state index contributed by atoms with van der Waals surface area (Å²) in [5.74, 6) is -2.79. The maximum absolute atomic E-state index is 12.7. The van der Waals surface area contributed by atoms with Crippen LogP contribution in [0.15, 0.2) is 17.1 Å². The van der Waals surface area contributed by atoms with Gasteiger partial charge in [0, 0.05) is 25.6 Å². The molecule has 3 heterocycles. The first-order chi connectivity index (χ1) is 13.2. The number of methoxy groups -OCH3 is 1. The quantitative estimate of drug-likeness (QED) is 0.816. The molecule has 3 rings (SSSR count). The highest BCUT2D eigenvalue weighted by molar-refractivity contribution is 7.07. The molecule has 1 aliphatic rings. The number of carboxylic acids is 1. The lowest BCUT2D eigenvalue weighted by atomic mass is 9.99. The number of hydrogen-bond donors (Lipinski definition) is 1. The number of aromatic nitrogens is 3. The molecule has 1 amide bonds. The van der Waals surface area contributed by atoms with Gasteiger partial charge in [-0.15, -0.1) is 11.3 Å². The number of fused-ring (bicyclic) bond motifs is 1. The van der Waals surface area contributed by atoms with Crippen LogP contribution in [0.2, 0.25) is 0 Å². The lowest BCUT2D eigenvalue weighted by molar-refractivity contribution is -0.192. The molecule has 0 bridgehead atoms. The summed E-state index contributed by atoms with van der Waals surface area (Å²) in [6, 6.07) is -0.101. The highest BCUT2D eigenvalue weighted by Gasteiger charge is 2.38. The molecule has 0 radical (unpaired) electrons. The lowest BCUT2D eigenvalue weighted by Gasteiger charge is -2.35. The van der Waals surface area contributed by atoms with E-state index in [0.29, 0.717) is 18.8 Å². The molecular weight excluding hydrogens is 401 g/mol. The molecule has 12 heteroatoms. The third-order valence-corrected chi connectivity index (χ3v) is 4.64. The van der Waals surface area contributed by atoms with Crippen LogP contribution in [0.3, 0.4) is 0 Å². The number of alkyl halides is 3. The minimum atomic E-state index is -5.08. The second-order valence-corrected chi connectivity index (χ2v) is 6.49. The van der Waals surface area contributed by atoms with Crippen LogP contribution < -0.4 is 0 Å². The van der Waals surface area contributed by atoms with Crippen molar-refractivity contribution < 1.29 is 32.6 Å². The standard InChI is InChI=1S/C14H18N4O2S.C2HF3O2/c1-3-18-13-10(6-16-18)4-5-17(12(13)7-20-2)14(19)11-8-21-9-15-11;3-2(4,5)1(6)7/h6,8-9,12H,3-5,7H2,1-2H3;(H,6,7). The number of carbonyl (C=O) groups excluding carboxylic acids is 1. The van der Waals surface area contributed by atoms with Crippen molar-refractivity contribution in [2.45, 2.75) is 32.1 Å². The van der Waals surface area contributed by atoms with Gasteiger partial charge in [-0.3, -0.25) is 9.48 Å².